The van der Waals surface area contributed by atoms with Crippen molar-refractivity contribution >= 4 is 35.9 Å². The first-order valence-electron chi connectivity index (χ1n) is 8.82. The predicted molar refractivity (Wildman–Crippen MR) is 108 cm³/mol. The van der Waals surface area contributed by atoms with E-state index in [4.69, 9.17) is 17.0 Å². The van der Waals surface area contributed by atoms with Gasteiger partial charge < -0.3 is 9.84 Å². The quantitative estimate of drug-likeness (QED) is 0.364. The fourth-order valence-electron chi connectivity index (χ4n) is 2.80. The predicted octanol–water partition coefficient (Wildman–Crippen LogP) is 0.897. The molecule has 152 valence electrons. The summed E-state index contributed by atoms with van der Waals surface area (Å²) in [5.41, 5.74) is 1.96. The molecule has 11 heteroatoms. The van der Waals surface area contributed by atoms with Gasteiger partial charge in [-0.05, 0) is 30.8 Å². The monoisotopic (exact) mass is 417 g/mol. The third kappa shape index (κ3) is 4.35. The first-order chi connectivity index (χ1) is 13.9. The maximum Gasteiger partial charge on any atom is 0.265 e. The second-order valence-corrected chi connectivity index (χ2v) is 6.56. The lowest BCUT2D eigenvalue weighted by atomic mass is 10.2. The number of rotatable bonds is 6. The summed E-state index contributed by atoms with van der Waals surface area (Å²) < 4.78 is 6.79. The number of carbonyl (C=O) groups is 2. The van der Waals surface area contributed by atoms with Crippen LogP contribution in [0.3, 0.4) is 0 Å². The third-order valence-electron chi connectivity index (χ3n) is 4.15. The lowest BCUT2D eigenvalue weighted by molar-refractivity contribution is -0.125. The van der Waals surface area contributed by atoms with Gasteiger partial charge in [0.2, 0.25) is 5.88 Å². The zero-order valence-electron chi connectivity index (χ0n) is 15.5. The highest BCUT2D eigenvalue weighted by Gasteiger charge is 2.26. The highest BCUT2D eigenvalue weighted by atomic mass is 32.1. The maximum atomic E-state index is 12.2. The Kier molecular flexibility index (Phi) is 6.07. The Hall–Kier alpha value is -3.47. The van der Waals surface area contributed by atoms with E-state index in [9.17, 15) is 19.5 Å². The van der Waals surface area contributed by atoms with Gasteiger partial charge in [-0.2, -0.15) is 5.10 Å². The summed E-state index contributed by atoms with van der Waals surface area (Å²) >= 11 is 5.03. The van der Waals surface area contributed by atoms with Crippen LogP contribution >= 0.6 is 12.2 Å². The number of amides is 2. The number of para-hydroxylation sites is 2. The molecule has 0 fully saturated rings. The van der Waals surface area contributed by atoms with Crippen molar-refractivity contribution < 1.29 is 19.4 Å². The molecule has 2 heterocycles. The highest BCUT2D eigenvalue weighted by Crippen LogP contribution is 2.31. The van der Waals surface area contributed by atoms with Crippen LogP contribution in [0.15, 0.2) is 34.2 Å². The molecule has 10 nitrogen and oxygen atoms in total. The van der Waals surface area contributed by atoms with Crippen molar-refractivity contribution in [3.05, 3.63) is 45.0 Å². The molecular weight excluding hydrogens is 398 g/mol. The first kappa shape index (κ1) is 20.3. The van der Waals surface area contributed by atoms with E-state index in [1.165, 1.54) is 9.47 Å². The summed E-state index contributed by atoms with van der Waals surface area (Å²) in [6.45, 7) is 1.86. The summed E-state index contributed by atoms with van der Waals surface area (Å²) in [6.07, 6.45) is 1.72. The average molecular weight is 417 g/mol. The molecule has 0 saturated heterocycles. The molecule has 1 aromatic carbocycles. The zero-order valence-corrected chi connectivity index (χ0v) is 16.4. The number of anilines is 1. The van der Waals surface area contributed by atoms with Crippen molar-refractivity contribution in [1.29, 1.82) is 0 Å². The summed E-state index contributed by atoms with van der Waals surface area (Å²) in [4.78, 5) is 40.1. The highest BCUT2D eigenvalue weighted by molar-refractivity contribution is 7.71. The molecule has 0 saturated carbocycles. The third-order valence-corrected chi connectivity index (χ3v) is 4.47. The number of ether oxygens (including phenoxy) is 1. The number of nitrogens with zero attached hydrogens (tertiary/aromatic N) is 3. The lowest BCUT2D eigenvalue weighted by Crippen LogP contribution is -2.44. The van der Waals surface area contributed by atoms with Gasteiger partial charge in [0.25, 0.3) is 17.4 Å². The molecule has 0 spiro atoms. The maximum absolute atomic E-state index is 12.2. The molecule has 0 radical (unpaired) electrons. The van der Waals surface area contributed by atoms with Crippen LogP contribution in [0.25, 0.3) is 0 Å². The van der Waals surface area contributed by atoms with Crippen LogP contribution in [0.5, 0.6) is 11.6 Å². The number of aromatic amines is 1. The van der Waals surface area contributed by atoms with E-state index in [2.05, 4.69) is 15.5 Å². The molecule has 0 unspecified atom stereocenters. The number of hydrogen-bond donors (Lipinski definition) is 3. The second-order valence-electron chi connectivity index (χ2n) is 6.18. The van der Waals surface area contributed by atoms with E-state index in [1.807, 2.05) is 6.92 Å². The van der Waals surface area contributed by atoms with Gasteiger partial charge in [-0.3, -0.25) is 28.8 Å². The minimum Gasteiger partial charge on any atom is -0.494 e. The Labute approximate surface area is 170 Å². The standard InChI is InChI=1S/C18H19N5O5S/c1-2-7-22-17(27)11(16(26)20-18(22)29)8-19-21-14(24)9-23-12-5-3-4-6-13(12)28-10-15(23)25/h3-6,8,27H,2,7,9-10H2,1H3,(H,21,24)(H,20,26,29)/b19-8+. The van der Waals surface area contributed by atoms with E-state index in [-0.39, 0.29) is 35.3 Å². The van der Waals surface area contributed by atoms with Crippen molar-refractivity contribution in [2.45, 2.75) is 19.9 Å². The van der Waals surface area contributed by atoms with Crippen LogP contribution in [0.2, 0.25) is 0 Å². The van der Waals surface area contributed by atoms with Gasteiger partial charge in [0.15, 0.2) is 11.4 Å². The average Bonchev–Trinajstić information content (AvgIpc) is 2.70. The van der Waals surface area contributed by atoms with E-state index < -0.39 is 11.5 Å². The van der Waals surface area contributed by atoms with E-state index >= 15 is 0 Å². The Morgan fingerprint density at radius 2 is 2.17 bits per heavy atom. The van der Waals surface area contributed by atoms with Gasteiger partial charge in [-0.15, -0.1) is 0 Å². The number of aromatic nitrogens is 2. The van der Waals surface area contributed by atoms with Crippen molar-refractivity contribution in [3.8, 4) is 11.6 Å². The van der Waals surface area contributed by atoms with Crippen molar-refractivity contribution in [2.75, 3.05) is 18.1 Å². The van der Waals surface area contributed by atoms with Crippen LogP contribution in [0.1, 0.15) is 18.9 Å². The van der Waals surface area contributed by atoms with E-state index in [1.54, 1.807) is 24.3 Å². The lowest BCUT2D eigenvalue weighted by Gasteiger charge is -2.28. The SMILES string of the molecule is CCCn1c(O)c(/C=N/NC(=O)CN2C(=O)COc3ccccc32)c(=O)[nH]c1=S. The molecule has 1 aliphatic rings. The van der Waals surface area contributed by atoms with Gasteiger partial charge in [0.1, 0.15) is 17.9 Å². The number of benzene rings is 1. The molecule has 0 bridgehead atoms. The number of hydrogen-bond acceptors (Lipinski definition) is 7. The van der Waals surface area contributed by atoms with Crippen molar-refractivity contribution in [3.63, 3.8) is 0 Å². The number of H-pyrrole nitrogens is 1. The summed E-state index contributed by atoms with van der Waals surface area (Å²) in [5, 5.41) is 14.0. The molecule has 1 aliphatic heterocycles. The molecular formula is C18H19N5O5S. The molecule has 3 N–H and O–H groups in total. The number of carbonyl (C=O) groups excluding carboxylic acids is 2. The fourth-order valence-corrected chi connectivity index (χ4v) is 3.07. The molecule has 3 rings (SSSR count). The number of nitrogens with one attached hydrogen (secondary N) is 2. The fraction of sp³-hybridized carbons (Fsp3) is 0.278. The van der Waals surface area contributed by atoms with E-state index in [0.29, 0.717) is 24.4 Å². The van der Waals surface area contributed by atoms with Crippen LogP contribution < -0.4 is 20.6 Å². The number of aromatic hydroxyl groups is 1. The first-order valence-corrected chi connectivity index (χ1v) is 9.23. The Morgan fingerprint density at radius 1 is 1.41 bits per heavy atom. The molecule has 0 atom stereocenters. The number of fused-ring (bicyclic) bond motifs is 1. The largest absolute Gasteiger partial charge is 0.494 e. The van der Waals surface area contributed by atoms with E-state index in [0.717, 1.165) is 6.21 Å². The van der Waals surface area contributed by atoms with Crippen molar-refractivity contribution in [1.82, 2.24) is 15.0 Å². The molecule has 0 aliphatic carbocycles. The summed E-state index contributed by atoms with van der Waals surface area (Å²) in [6, 6.07) is 6.87. The molecule has 2 aromatic rings. The van der Waals surface area contributed by atoms with Gasteiger partial charge in [-0.1, -0.05) is 19.1 Å². The second kappa shape index (κ2) is 8.69. The Morgan fingerprint density at radius 3 is 2.93 bits per heavy atom. The summed E-state index contributed by atoms with van der Waals surface area (Å²) in [7, 11) is 0. The van der Waals surface area contributed by atoms with Gasteiger partial charge in [-0.25, -0.2) is 5.43 Å². The van der Waals surface area contributed by atoms with Crippen LogP contribution in [0.4, 0.5) is 5.69 Å². The molecule has 29 heavy (non-hydrogen) atoms. The molecule has 1 aromatic heterocycles. The Bertz CT molecular complexity index is 1090. The normalized spacial score (nSPS) is 13.3. The van der Waals surface area contributed by atoms with Gasteiger partial charge in [0.05, 0.1) is 11.9 Å². The van der Waals surface area contributed by atoms with Crippen LogP contribution in [-0.2, 0) is 16.1 Å². The van der Waals surface area contributed by atoms with Crippen LogP contribution in [0, 0.1) is 4.77 Å². The van der Waals surface area contributed by atoms with Gasteiger partial charge >= 0.3 is 0 Å². The van der Waals surface area contributed by atoms with Crippen molar-refractivity contribution in [2.24, 2.45) is 5.10 Å². The zero-order chi connectivity index (χ0) is 21.0. The minimum absolute atomic E-state index is 0.0973. The number of hydrazone groups is 1. The summed E-state index contributed by atoms with van der Waals surface area (Å²) in [5.74, 6) is -0.776. The van der Waals surface area contributed by atoms with Gasteiger partial charge in [0, 0.05) is 6.54 Å². The van der Waals surface area contributed by atoms with Crippen LogP contribution in [-0.4, -0.2) is 45.8 Å². The smallest absolute Gasteiger partial charge is 0.265 e. The Balaban J connectivity index is 1.73. The molecule has 2 amide bonds. The topological polar surface area (TPSA) is 129 Å². The minimum atomic E-state index is -0.630.